The maximum Gasteiger partial charge on any atom is 0.517 e. The first-order chi connectivity index (χ1) is 8.30. The number of nitrogens with zero attached hydrogens (tertiary/aromatic N) is 1. The second-order valence-electron chi connectivity index (χ2n) is 3.35. The van der Waals surface area contributed by atoms with Crippen molar-refractivity contribution in [1.29, 1.82) is 0 Å². The molecule has 0 aliphatic carbocycles. The molecule has 0 atom stereocenters. The smallest absolute Gasteiger partial charge is 0.204 e. The Labute approximate surface area is 108 Å². The molecule has 0 fully saturated rings. The van der Waals surface area contributed by atoms with Crippen LogP contribution in [0.1, 0.15) is 13.3 Å². The topological polar surface area (TPSA) is 37.4 Å². The highest BCUT2D eigenvalue weighted by Gasteiger charge is 2.50. The Bertz CT molecular complexity index is 474. The third kappa shape index (κ3) is 3.32. The molecule has 0 radical (unpaired) electrons. The molecule has 0 N–H and O–H groups in total. The highest BCUT2D eigenvalue weighted by molar-refractivity contribution is 8.14. The van der Waals surface area contributed by atoms with E-state index in [2.05, 4.69) is 0 Å². The Hall–Kier alpha value is -0.890. The first-order valence-corrected chi connectivity index (χ1v) is 7.48. The van der Waals surface area contributed by atoms with Gasteiger partial charge in [-0.25, -0.2) is 3.71 Å². The minimum absolute atomic E-state index is 0.00623. The van der Waals surface area contributed by atoms with Crippen molar-refractivity contribution < 1.29 is 21.6 Å². The van der Waals surface area contributed by atoms with Crippen molar-refractivity contribution in [2.45, 2.75) is 18.9 Å². The summed E-state index contributed by atoms with van der Waals surface area (Å²) in [5.41, 5.74) is -5.31. The molecule has 0 spiro atoms. The summed E-state index contributed by atoms with van der Waals surface area (Å²) in [6.07, 6.45) is 0.571. The summed E-state index contributed by atoms with van der Waals surface area (Å²) in [6.45, 7) is 1.76. The van der Waals surface area contributed by atoms with Gasteiger partial charge in [-0.15, -0.1) is 0 Å². The van der Waals surface area contributed by atoms with Crippen molar-refractivity contribution in [1.82, 2.24) is 0 Å². The van der Waals surface area contributed by atoms with Gasteiger partial charge in [0.1, 0.15) is 0 Å². The number of halogens is 3. The monoisotopic (exact) mass is 299 g/mol. The summed E-state index contributed by atoms with van der Waals surface area (Å²) >= 11 is 0.634. The Morgan fingerprint density at radius 3 is 2.22 bits per heavy atom. The summed E-state index contributed by atoms with van der Waals surface area (Å²) in [4.78, 5) is 0. The zero-order valence-electron chi connectivity index (χ0n) is 9.52. The minimum Gasteiger partial charge on any atom is -0.204 e. The molecule has 0 aliphatic rings. The molecule has 0 bridgehead atoms. The van der Waals surface area contributed by atoms with Gasteiger partial charge in [-0.05, 0) is 30.5 Å². The number of rotatable bonds is 5. The zero-order chi connectivity index (χ0) is 13.8. The van der Waals surface area contributed by atoms with E-state index in [1.165, 1.54) is 24.3 Å². The van der Waals surface area contributed by atoms with Gasteiger partial charge in [0.25, 0.3) is 0 Å². The molecule has 1 aromatic carbocycles. The molecule has 0 heterocycles. The first-order valence-electron chi connectivity index (χ1n) is 5.10. The second kappa shape index (κ2) is 5.83. The molecule has 0 saturated carbocycles. The Balaban J connectivity index is 3.15. The highest BCUT2D eigenvalue weighted by atomic mass is 32.3. The maximum atomic E-state index is 12.6. The van der Waals surface area contributed by atoms with Gasteiger partial charge in [-0.2, -0.15) is 21.6 Å². The van der Waals surface area contributed by atoms with E-state index in [4.69, 9.17) is 0 Å². The van der Waals surface area contributed by atoms with E-state index < -0.39 is 15.5 Å². The van der Waals surface area contributed by atoms with Crippen LogP contribution in [0.3, 0.4) is 0 Å². The lowest BCUT2D eigenvalue weighted by Gasteiger charge is -2.23. The fraction of sp³-hybridized carbons (Fsp3) is 0.400. The van der Waals surface area contributed by atoms with Crippen LogP contribution in [0.15, 0.2) is 30.3 Å². The van der Waals surface area contributed by atoms with Crippen LogP contribution < -0.4 is 3.71 Å². The third-order valence-corrected chi connectivity index (χ3v) is 5.06. The molecule has 3 nitrogen and oxygen atoms in total. The van der Waals surface area contributed by atoms with Crippen LogP contribution in [0, 0.1) is 0 Å². The normalized spacial score (nSPS) is 12.4. The lowest BCUT2D eigenvalue weighted by molar-refractivity contribution is -0.0433. The average Bonchev–Trinajstić information content (AvgIpc) is 2.29. The van der Waals surface area contributed by atoms with E-state index in [9.17, 15) is 21.6 Å². The second-order valence-corrected chi connectivity index (χ2v) is 6.39. The number of benzene rings is 1. The summed E-state index contributed by atoms with van der Waals surface area (Å²) in [5.74, 6) is 0.282. The van der Waals surface area contributed by atoms with Crippen LogP contribution >= 0.6 is 11.9 Å². The van der Waals surface area contributed by atoms with E-state index in [1.54, 1.807) is 13.0 Å². The van der Waals surface area contributed by atoms with Gasteiger partial charge in [-0.1, -0.05) is 25.1 Å². The summed E-state index contributed by atoms with van der Waals surface area (Å²) in [7, 11) is -5.37. The lowest BCUT2D eigenvalue weighted by atomic mass is 10.3. The Morgan fingerprint density at radius 2 is 1.78 bits per heavy atom. The van der Waals surface area contributed by atoms with E-state index in [0.29, 0.717) is 22.1 Å². The molecule has 0 aromatic heterocycles. The summed E-state index contributed by atoms with van der Waals surface area (Å²) < 4.78 is 60.9. The average molecular weight is 299 g/mol. The van der Waals surface area contributed by atoms with Gasteiger partial charge >= 0.3 is 15.5 Å². The molecule has 18 heavy (non-hydrogen) atoms. The molecule has 8 heteroatoms. The van der Waals surface area contributed by atoms with Crippen LogP contribution in [0.25, 0.3) is 0 Å². The third-order valence-electron chi connectivity index (χ3n) is 1.89. The van der Waals surface area contributed by atoms with Crippen LogP contribution in [0.5, 0.6) is 0 Å². The van der Waals surface area contributed by atoms with Gasteiger partial charge < -0.3 is 0 Å². The van der Waals surface area contributed by atoms with Crippen molar-refractivity contribution in [3.05, 3.63) is 30.3 Å². The number of sulfonamides is 1. The van der Waals surface area contributed by atoms with Crippen molar-refractivity contribution in [2.24, 2.45) is 0 Å². The van der Waals surface area contributed by atoms with Crippen LogP contribution in [-0.2, 0) is 10.0 Å². The summed E-state index contributed by atoms with van der Waals surface area (Å²) in [5, 5.41) is 0. The fourth-order valence-corrected chi connectivity index (χ4v) is 3.34. The molecule has 0 aliphatic heterocycles. The molecule has 0 unspecified atom stereocenters. The number of hydrogen-bond donors (Lipinski definition) is 0. The Morgan fingerprint density at radius 1 is 1.22 bits per heavy atom. The molecule has 102 valence electrons. The van der Waals surface area contributed by atoms with E-state index in [1.807, 2.05) is 0 Å². The largest absolute Gasteiger partial charge is 0.517 e. The quantitative estimate of drug-likeness (QED) is 0.782. The number of para-hydroxylation sites is 1. The molecule has 1 aromatic rings. The molecular weight excluding hydrogens is 287 g/mol. The van der Waals surface area contributed by atoms with Gasteiger partial charge in [0.2, 0.25) is 0 Å². The van der Waals surface area contributed by atoms with E-state index >= 15 is 0 Å². The van der Waals surface area contributed by atoms with Crippen molar-refractivity contribution >= 4 is 27.7 Å². The van der Waals surface area contributed by atoms with E-state index in [0.717, 1.165) is 0 Å². The Kier molecular flexibility index (Phi) is 4.92. The SMILES string of the molecule is CCCSN(c1ccccc1)S(=O)(=O)C(F)(F)F. The molecule has 1 rings (SSSR count). The van der Waals surface area contributed by atoms with Crippen LogP contribution in [-0.4, -0.2) is 19.7 Å². The number of alkyl halides is 3. The lowest BCUT2D eigenvalue weighted by Crippen LogP contribution is -2.36. The van der Waals surface area contributed by atoms with Gasteiger partial charge in [0, 0.05) is 5.75 Å². The van der Waals surface area contributed by atoms with Gasteiger partial charge in [0.15, 0.2) is 0 Å². The van der Waals surface area contributed by atoms with Crippen molar-refractivity contribution in [2.75, 3.05) is 9.46 Å². The first kappa shape index (κ1) is 15.2. The predicted octanol–water partition coefficient (Wildman–Crippen LogP) is 3.40. The molecular formula is C10H12F3NO2S2. The van der Waals surface area contributed by atoms with E-state index in [-0.39, 0.29) is 11.4 Å². The predicted molar refractivity (Wildman–Crippen MR) is 66.6 cm³/mol. The number of anilines is 1. The summed E-state index contributed by atoms with van der Waals surface area (Å²) in [6, 6.07) is 7.23. The highest BCUT2D eigenvalue weighted by Crippen LogP contribution is 2.35. The van der Waals surface area contributed by atoms with Gasteiger partial charge in [0.05, 0.1) is 5.69 Å². The molecule has 0 saturated heterocycles. The molecule has 0 amide bonds. The minimum atomic E-state index is -5.37. The van der Waals surface area contributed by atoms with Crippen LogP contribution in [0.2, 0.25) is 0 Å². The van der Waals surface area contributed by atoms with Crippen molar-refractivity contribution in [3.63, 3.8) is 0 Å². The standard InChI is InChI=1S/C10H12F3NO2S2/c1-2-8-17-14(9-6-4-3-5-7-9)18(15,16)10(11,12)13/h3-7H,2,8H2,1H3. The van der Waals surface area contributed by atoms with Crippen molar-refractivity contribution in [3.8, 4) is 0 Å². The van der Waals surface area contributed by atoms with Crippen LogP contribution in [0.4, 0.5) is 18.9 Å². The maximum absolute atomic E-state index is 12.6. The zero-order valence-corrected chi connectivity index (χ0v) is 11.1. The number of hydrogen-bond acceptors (Lipinski definition) is 3. The fourth-order valence-electron chi connectivity index (χ4n) is 1.10. The van der Waals surface area contributed by atoms with Gasteiger partial charge in [-0.3, -0.25) is 0 Å².